The maximum absolute atomic E-state index is 13.7. The summed E-state index contributed by atoms with van der Waals surface area (Å²) in [5, 5.41) is 6.57. The molecular formula is C21H37FIN5. The van der Waals surface area contributed by atoms with Crippen molar-refractivity contribution in [2.45, 2.75) is 33.1 Å². The first-order chi connectivity index (χ1) is 13.2. The SMILES string of the molecule is CCNC(=NCCCCN1CCN(CC)CC1)NCCc1ccccc1F.I. The predicted molar refractivity (Wildman–Crippen MR) is 127 cm³/mol. The number of nitrogens with one attached hydrogen (secondary N) is 2. The van der Waals surface area contributed by atoms with E-state index in [1.54, 1.807) is 6.07 Å². The normalized spacial score (nSPS) is 15.9. The van der Waals surface area contributed by atoms with Crippen LogP contribution in [-0.4, -0.2) is 74.7 Å². The van der Waals surface area contributed by atoms with Crippen molar-refractivity contribution in [3.63, 3.8) is 0 Å². The summed E-state index contributed by atoms with van der Waals surface area (Å²) >= 11 is 0. The fraction of sp³-hybridized carbons (Fsp3) is 0.667. The molecule has 0 unspecified atom stereocenters. The number of hydrogen-bond acceptors (Lipinski definition) is 3. The molecule has 7 heteroatoms. The first kappa shape index (κ1) is 25.1. The minimum Gasteiger partial charge on any atom is -0.357 e. The number of halogens is 2. The number of aliphatic imine (C=N–C) groups is 1. The molecule has 1 aliphatic rings. The van der Waals surface area contributed by atoms with Gasteiger partial charge in [0.1, 0.15) is 5.82 Å². The average Bonchev–Trinajstić information content (AvgIpc) is 2.69. The van der Waals surface area contributed by atoms with Gasteiger partial charge in [-0.1, -0.05) is 25.1 Å². The molecular weight excluding hydrogens is 468 g/mol. The van der Waals surface area contributed by atoms with Gasteiger partial charge in [-0.25, -0.2) is 4.39 Å². The highest BCUT2D eigenvalue weighted by Gasteiger charge is 2.14. The number of rotatable bonds is 10. The number of benzene rings is 1. The van der Waals surface area contributed by atoms with Gasteiger partial charge in [0.25, 0.3) is 0 Å². The van der Waals surface area contributed by atoms with Gasteiger partial charge in [0.2, 0.25) is 0 Å². The maximum Gasteiger partial charge on any atom is 0.191 e. The van der Waals surface area contributed by atoms with Crippen molar-refractivity contribution >= 4 is 29.9 Å². The second kappa shape index (κ2) is 15.0. The number of guanidine groups is 1. The van der Waals surface area contributed by atoms with Crippen LogP contribution in [0, 0.1) is 5.82 Å². The minimum absolute atomic E-state index is 0. The molecule has 1 aliphatic heterocycles. The molecule has 0 amide bonds. The van der Waals surface area contributed by atoms with E-state index in [4.69, 9.17) is 0 Å². The fourth-order valence-corrected chi connectivity index (χ4v) is 3.33. The van der Waals surface area contributed by atoms with Gasteiger partial charge >= 0.3 is 0 Å². The lowest BCUT2D eigenvalue weighted by molar-refractivity contribution is 0.136. The number of likely N-dealkylation sites (N-methyl/N-ethyl adjacent to an activating group) is 1. The third-order valence-electron chi connectivity index (χ3n) is 5.05. The Balaban J connectivity index is 0.00000392. The van der Waals surface area contributed by atoms with Crippen LogP contribution in [0.4, 0.5) is 4.39 Å². The third-order valence-corrected chi connectivity index (χ3v) is 5.05. The first-order valence-corrected chi connectivity index (χ1v) is 10.4. The van der Waals surface area contributed by atoms with Gasteiger partial charge in [0.15, 0.2) is 5.96 Å². The molecule has 0 bridgehead atoms. The molecule has 1 aromatic carbocycles. The van der Waals surface area contributed by atoms with E-state index in [1.165, 1.54) is 51.8 Å². The van der Waals surface area contributed by atoms with Crippen LogP contribution in [-0.2, 0) is 6.42 Å². The average molecular weight is 505 g/mol. The second-order valence-electron chi connectivity index (χ2n) is 7.01. The molecule has 1 aromatic rings. The van der Waals surface area contributed by atoms with Gasteiger partial charge < -0.3 is 20.4 Å². The minimum atomic E-state index is -0.138. The van der Waals surface area contributed by atoms with Crippen molar-refractivity contribution in [3.8, 4) is 0 Å². The molecule has 0 saturated carbocycles. The molecule has 0 atom stereocenters. The Kier molecular flexibility index (Phi) is 13.4. The summed E-state index contributed by atoms with van der Waals surface area (Å²) in [5.41, 5.74) is 0.740. The van der Waals surface area contributed by atoms with E-state index in [0.717, 1.165) is 31.0 Å². The van der Waals surface area contributed by atoms with Gasteiger partial charge in [-0.15, -0.1) is 24.0 Å². The van der Waals surface area contributed by atoms with E-state index < -0.39 is 0 Å². The molecule has 28 heavy (non-hydrogen) atoms. The Labute approximate surface area is 187 Å². The van der Waals surface area contributed by atoms with Gasteiger partial charge in [-0.2, -0.15) is 0 Å². The van der Waals surface area contributed by atoms with Crippen molar-refractivity contribution in [2.75, 3.05) is 58.9 Å². The van der Waals surface area contributed by atoms with Crippen molar-refractivity contribution in [1.82, 2.24) is 20.4 Å². The molecule has 1 fully saturated rings. The molecule has 1 saturated heterocycles. The van der Waals surface area contributed by atoms with Gasteiger partial charge in [0.05, 0.1) is 0 Å². The Morgan fingerprint density at radius 2 is 1.75 bits per heavy atom. The zero-order valence-corrected chi connectivity index (χ0v) is 19.8. The largest absolute Gasteiger partial charge is 0.357 e. The molecule has 2 rings (SSSR count). The standard InChI is InChI=1S/C21H36FN5.HI/c1-3-23-21(25-13-11-19-9-5-6-10-20(19)22)24-12-7-8-14-27-17-15-26(4-2)16-18-27;/h5-6,9-10H,3-4,7-8,11-18H2,1-2H3,(H2,23,24,25);1H. The summed E-state index contributed by atoms with van der Waals surface area (Å²) < 4.78 is 13.7. The highest BCUT2D eigenvalue weighted by molar-refractivity contribution is 14.0. The molecule has 0 spiro atoms. The highest BCUT2D eigenvalue weighted by atomic mass is 127. The summed E-state index contributed by atoms with van der Waals surface area (Å²) in [6, 6.07) is 6.94. The van der Waals surface area contributed by atoms with Gasteiger partial charge in [-0.05, 0) is 50.9 Å². The van der Waals surface area contributed by atoms with E-state index in [-0.39, 0.29) is 29.8 Å². The molecule has 0 aromatic heterocycles. The summed E-state index contributed by atoms with van der Waals surface area (Å²) in [5.74, 6) is 0.686. The molecule has 2 N–H and O–H groups in total. The van der Waals surface area contributed by atoms with Crippen LogP contribution in [0.5, 0.6) is 0 Å². The predicted octanol–water partition coefficient (Wildman–Crippen LogP) is 2.96. The van der Waals surface area contributed by atoms with E-state index in [2.05, 4.69) is 39.3 Å². The Morgan fingerprint density at radius 1 is 1.04 bits per heavy atom. The van der Waals surface area contributed by atoms with E-state index in [9.17, 15) is 4.39 Å². The van der Waals surface area contributed by atoms with Crippen molar-refractivity contribution in [2.24, 2.45) is 4.99 Å². The lowest BCUT2D eigenvalue weighted by Crippen LogP contribution is -2.46. The summed E-state index contributed by atoms with van der Waals surface area (Å²) in [6.07, 6.45) is 2.93. The smallest absolute Gasteiger partial charge is 0.191 e. The third kappa shape index (κ3) is 9.52. The number of nitrogens with zero attached hydrogens (tertiary/aromatic N) is 3. The Morgan fingerprint density at radius 3 is 2.43 bits per heavy atom. The highest BCUT2D eigenvalue weighted by Crippen LogP contribution is 2.06. The molecule has 5 nitrogen and oxygen atoms in total. The van der Waals surface area contributed by atoms with E-state index in [0.29, 0.717) is 13.0 Å². The lowest BCUT2D eigenvalue weighted by atomic mass is 10.1. The molecule has 1 heterocycles. The maximum atomic E-state index is 13.7. The van der Waals surface area contributed by atoms with Gasteiger partial charge in [0, 0.05) is 45.8 Å². The second-order valence-corrected chi connectivity index (χ2v) is 7.01. The van der Waals surface area contributed by atoms with Crippen LogP contribution in [0.1, 0.15) is 32.3 Å². The van der Waals surface area contributed by atoms with Gasteiger partial charge in [-0.3, -0.25) is 4.99 Å². The zero-order chi connectivity index (χ0) is 19.3. The number of piperazine rings is 1. The van der Waals surface area contributed by atoms with E-state index in [1.807, 2.05) is 12.1 Å². The summed E-state index contributed by atoms with van der Waals surface area (Å²) in [4.78, 5) is 9.72. The van der Waals surface area contributed by atoms with Crippen LogP contribution in [0.2, 0.25) is 0 Å². The van der Waals surface area contributed by atoms with Crippen LogP contribution < -0.4 is 10.6 Å². The van der Waals surface area contributed by atoms with Crippen molar-refractivity contribution < 1.29 is 4.39 Å². The van der Waals surface area contributed by atoms with Crippen LogP contribution >= 0.6 is 24.0 Å². The van der Waals surface area contributed by atoms with Crippen molar-refractivity contribution in [1.29, 1.82) is 0 Å². The number of unbranched alkanes of at least 4 members (excludes halogenated alkanes) is 1. The number of hydrogen-bond donors (Lipinski definition) is 2. The lowest BCUT2D eigenvalue weighted by Gasteiger charge is -2.33. The van der Waals surface area contributed by atoms with E-state index >= 15 is 0 Å². The van der Waals surface area contributed by atoms with Crippen LogP contribution in [0.25, 0.3) is 0 Å². The molecule has 0 radical (unpaired) electrons. The van der Waals surface area contributed by atoms with Crippen LogP contribution in [0.3, 0.4) is 0 Å². The zero-order valence-electron chi connectivity index (χ0n) is 17.4. The first-order valence-electron chi connectivity index (χ1n) is 10.4. The monoisotopic (exact) mass is 505 g/mol. The molecule has 160 valence electrons. The fourth-order valence-electron chi connectivity index (χ4n) is 3.33. The van der Waals surface area contributed by atoms with Crippen LogP contribution in [0.15, 0.2) is 29.3 Å². The Bertz CT molecular complexity index is 561. The van der Waals surface area contributed by atoms with Crippen molar-refractivity contribution in [3.05, 3.63) is 35.6 Å². The summed E-state index contributed by atoms with van der Waals surface area (Å²) in [6.45, 7) is 13.7. The topological polar surface area (TPSA) is 42.9 Å². The quantitative estimate of drug-likeness (QED) is 0.222. The molecule has 0 aliphatic carbocycles. The Hall–Kier alpha value is -0.930. The summed E-state index contributed by atoms with van der Waals surface area (Å²) in [7, 11) is 0.